The molecule has 0 spiro atoms. The summed E-state index contributed by atoms with van der Waals surface area (Å²) in [4.78, 5) is 20.0. The Morgan fingerprint density at radius 1 is 1.30 bits per heavy atom. The van der Waals surface area contributed by atoms with E-state index in [1.54, 1.807) is 6.20 Å². The molecule has 6 heteroatoms. The molecule has 2 aromatic heterocycles. The molecule has 1 atom stereocenters. The van der Waals surface area contributed by atoms with Gasteiger partial charge in [-0.1, -0.05) is 6.07 Å². The van der Waals surface area contributed by atoms with Gasteiger partial charge in [-0.2, -0.15) is 0 Å². The highest BCUT2D eigenvalue weighted by molar-refractivity contribution is 5.97. The molecule has 0 aliphatic heterocycles. The number of rotatable bonds is 4. The van der Waals surface area contributed by atoms with Gasteiger partial charge in [-0.3, -0.25) is 4.98 Å². The van der Waals surface area contributed by atoms with Crippen molar-refractivity contribution in [1.29, 1.82) is 0 Å². The van der Waals surface area contributed by atoms with Crippen LogP contribution in [0, 0.1) is 0 Å². The predicted octanol–water partition coefficient (Wildman–Crippen LogP) is 2.02. The number of carbonyl (C=O) groups excluding carboxylic acids is 1. The molecule has 0 aromatic carbocycles. The molecule has 0 fully saturated rings. The molecule has 0 radical (unpaired) electrons. The van der Waals surface area contributed by atoms with Crippen molar-refractivity contribution in [2.24, 2.45) is 0 Å². The Morgan fingerprint density at radius 2 is 2.10 bits per heavy atom. The van der Waals surface area contributed by atoms with Crippen LogP contribution in [0.15, 0.2) is 36.7 Å². The monoisotopic (exact) mass is 272 g/mol. The number of pyridine rings is 2. The molecular weight excluding hydrogens is 256 g/mol. The second kappa shape index (κ2) is 6.01. The Bertz CT molecular complexity index is 601. The zero-order valence-electron chi connectivity index (χ0n) is 11.3. The van der Waals surface area contributed by atoms with Crippen molar-refractivity contribution in [3.8, 4) is 0 Å². The largest absolute Gasteiger partial charge is 0.465 e. The molecule has 3 N–H and O–H groups in total. The summed E-state index contributed by atoms with van der Waals surface area (Å²) in [6.07, 6.45) is 3.23. The van der Waals surface area contributed by atoms with Crippen LogP contribution in [-0.2, 0) is 4.74 Å². The fourth-order valence-electron chi connectivity index (χ4n) is 1.79. The predicted molar refractivity (Wildman–Crippen MR) is 76.3 cm³/mol. The van der Waals surface area contributed by atoms with E-state index in [-0.39, 0.29) is 11.7 Å². The van der Waals surface area contributed by atoms with Gasteiger partial charge in [0.05, 0.1) is 30.1 Å². The van der Waals surface area contributed by atoms with Crippen LogP contribution in [0.25, 0.3) is 0 Å². The molecule has 104 valence electrons. The van der Waals surface area contributed by atoms with Gasteiger partial charge in [0, 0.05) is 12.4 Å². The van der Waals surface area contributed by atoms with Gasteiger partial charge in [-0.05, 0) is 25.1 Å². The van der Waals surface area contributed by atoms with E-state index >= 15 is 0 Å². The molecule has 6 nitrogen and oxygen atoms in total. The lowest BCUT2D eigenvalue weighted by molar-refractivity contribution is 0.0602. The lowest BCUT2D eigenvalue weighted by atomic mass is 10.2. The van der Waals surface area contributed by atoms with Crippen molar-refractivity contribution in [3.63, 3.8) is 0 Å². The van der Waals surface area contributed by atoms with Crippen LogP contribution in [-0.4, -0.2) is 23.0 Å². The summed E-state index contributed by atoms with van der Waals surface area (Å²) >= 11 is 0. The number of methoxy groups -OCH3 is 1. The molecule has 0 bridgehead atoms. The number of esters is 1. The first-order valence-electron chi connectivity index (χ1n) is 6.13. The molecule has 0 amide bonds. The normalized spacial score (nSPS) is 11.7. The van der Waals surface area contributed by atoms with E-state index < -0.39 is 5.97 Å². The second-order valence-corrected chi connectivity index (χ2v) is 4.23. The van der Waals surface area contributed by atoms with Crippen molar-refractivity contribution >= 4 is 17.5 Å². The smallest absolute Gasteiger partial charge is 0.340 e. The van der Waals surface area contributed by atoms with Crippen LogP contribution in [0.4, 0.5) is 11.5 Å². The number of hydrogen-bond acceptors (Lipinski definition) is 6. The Hall–Kier alpha value is -2.63. The summed E-state index contributed by atoms with van der Waals surface area (Å²) in [5.41, 5.74) is 7.35. The SMILES string of the molecule is COC(=O)c1ccnc(NC(C)c2ccccn2)c1N. The van der Waals surface area contributed by atoms with Gasteiger partial charge in [-0.25, -0.2) is 9.78 Å². The Kier molecular flexibility index (Phi) is 4.14. The summed E-state index contributed by atoms with van der Waals surface area (Å²) in [5.74, 6) is -0.0514. The summed E-state index contributed by atoms with van der Waals surface area (Å²) in [5, 5.41) is 3.14. The molecule has 20 heavy (non-hydrogen) atoms. The maximum Gasteiger partial charge on any atom is 0.340 e. The highest BCUT2D eigenvalue weighted by Crippen LogP contribution is 2.24. The number of nitrogens with zero attached hydrogens (tertiary/aromatic N) is 2. The van der Waals surface area contributed by atoms with Crippen LogP contribution in [0.3, 0.4) is 0 Å². The lowest BCUT2D eigenvalue weighted by Crippen LogP contribution is -2.14. The molecule has 1 unspecified atom stereocenters. The van der Waals surface area contributed by atoms with Crippen molar-refractivity contribution < 1.29 is 9.53 Å². The minimum absolute atomic E-state index is 0.0844. The third kappa shape index (κ3) is 2.85. The number of aromatic nitrogens is 2. The van der Waals surface area contributed by atoms with Gasteiger partial charge in [-0.15, -0.1) is 0 Å². The van der Waals surface area contributed by atoms with Crippen molar-refractivity contribution in [2.75, 3.05) is 18.2 Å². The van der Waals surface area contributed by atoms with Crippen LogP contribution >= 0.6 is 0 Å². The van der Waals surface area contributed by atoms with E-state index in [9.17, 15) is 4.79 Å². The molecule has 0 aliphatic rings. The average molecular weight is 272 g/mol. The zero-order valence-corrected chi connectivity index (χ0v) is 11.3. The highest BCUT2D eigenvalue weighted by Gasteiger charge is 2.15. The van der Waals surface area contributed by atoms with Crippen molar-refractivity contribution in [1.82, 2.24) is 9.97 Å². The second-order valence-electron chi connectivity index (χ2n) is 4.23. The van der Waals surface area contributed by atoms with Crippen LogP contribution in [0.5, 0.6) is 0 Å². The topological polar surface area (TPSA) is 90.1 Å². The molecule has 2 aromatic rings. The third-order valence-corrected chi connectivity index (χ3v) is 2.88. The third-order valence-electron chi connectivity index (χ3n) is 2.88. The Morgan fingerprint density at radius 3 is 2.75 bits per heavy atom. The van der Waals surface area contributed by atoms with E-state index in [2.05, 4.69) is 20.0 Å². The Balaban J connectivity index is 2.24. The number of nitrogens with two attached hydrogens (primary N) is 1. The maximum absolute atomic E-state index is 11.6. The van der Waals surface area contributed by atoms with Crippen LogP contribution in [0.2, 0.25) is 0 Å². The average Bonchev–Trinajstić information content (AvgIpc) is 2.49. The molecular formula is C14H16N4O2. The highest BCUT2D eigenvalue weighted by atomic mass is 16.5. The summed E-state index contributed by atoms with van der Waals surface area (Å²) in [6.45, 7) is 1.94. The number of ether oxygens (including phenoxy) is 1. The van der Waals surface area contributed by atoms with Crippen molar-refractivity contribution in [2.45, 2.75) is 13.0 Å². The summed E-state index contributed by atoms with van der Waals surface area (Å²) < 4.78 is 4.67. The van der Waals surface area contributed by atoms with Gasteiger partial charge >= 0.3 is 5.97 Å². The zero-order chi connectivity index (χ0) is 14.5. The first-order chi connectivity index (χ1) is 9.63. The van der Waals surface area contributed by atoms with Crippen molar-refractivity contribution in [3.05, 3.63) is 47.9 Å². The van der Waals surface area contributed by atoms with Gasteiger partial charge < -0.3 is 15.8 Å². The van der Waals surface area contributed by atoms with Crippen LogP contribution in [0.1, 0.15) is 29.0 Å². The fourth-order valence-corrected chi connectivity index (χ4v) is 1.79. The van der Waals surface area contributed by atoms with E-state index in [4.69, 9.17) is 5.73 Å². The molecule has 0 saturated carbocycles. The molecule has 2 heterocycles. The van der Waals surface area contributed by atoms with Crippen LogP contribution < -0.4 is 11.1 Å². The molecule has 2 rings (SSSR count). The first kappa shape index (κ1) is 13.8. The Labute approximate surface area is 117 Å². The van der Waals surface area contributed by atoms with Gasteiger partial charge in [0.15, 0.2) is 5.82 Å². The summed E-state index contributed by atoms with van der Waals surface area (Å²) in [6, 6.07) is 7.09. The first-order valence-corrected chi connectivity index (χ1v) is 6.13. The van der Waals surface area contributed by atoms with E-state index in [0.29, 0.717) is 11.4 Å². The fraction of sp³-hybridized carbons (Fsp3) is 0.214. The minimum atomic E-state index is -0.488. The number of hydrogen-bond donors (Lipinski definition) is 2. The van der Waals surface area contributed by atoms with Gasteiger partial charge in [0.25, 0.3) is 0 Å². The molecule has 0 saturated heterocycles. The maximum atomic E-state index is 11.6. The standard InChI is InChI=1S/C14H16N4O2/c1-9(11-5-3-4-7-16-11)18-13-12(15)10(6-8-17-13)14(19)20-2/h3-9H,15H2,1-2H3,(H,17,18). The number of nitrogen functional groups attached to an aromatic ring is 1. The van der Waals surface area contributed by atoms with E-state index in [1.165, 1.54) is 19.4 Å². The lowest BCUT2D eigenvalue weighted by Gasteiger charge is -2.16. The summed E-state index contributed by atoms with van der Waals surface area (Å²) in [7, 11) is 1.31. The minimum Gasteiger partial charge on any atom is -0.465 e. The molecule has 0 aliphatic carbocycles. The number of nitrogens with one attached hydrogen (secondary N) is 1. The number of carbonyl (C=O) groups is 1. The van der Waals surface area contributed by atoms with E-state index in [1.807, 2.05) is 25.1 Å². The van der Waals surface area contributed by atoms with Gasteiger partial charge in [0.2, 0.25) is 0 Å². The number of anilines is 2. The van der Waals surface area contributed by atoms with Gasteiger partial charge in [0.1, 0.15) is 0 Å². The van der Waals surface area contributed by atoms with E-state index in [0.717, 1.165) is 5.69 Å². The quantitative estimate of drug-likeness (QED) is 0.827.